The number of hydrogen-bond donors (Lipinski definition) is 3. The van der Waals surface area contributed by atoms with Gasteiger partial charge in [0.05, 0.1) is 11.1 Å². The van der Waals surface area contributed by atoms with E-state index in [2.05, 4.69) is 5.32 Å². The van der Waals surface area contributed by atoms with E-state index < -0.39 is 11.1 Å². The molecule has 1 atom stereocenters. The van der Waals surface area contributed by atoms with Crippen molar-refractivity contribution in [3.05, 3.63) is 0 Å². The van der Waals surface area contributed by atoms with Crippen LogP contribution in [0.3, 0.4) is 0 Å². The molecule has 0 aromatic heterocycles. The first-order valence-electron chi connectivity index (χ1n) is 7.24. The second-order valence-corrected chi connectivity index (χ2v) is 6.38. The van der Waals surface area contributed by atoms with Gasteiger partial charge in [0.1, 0.15) is 0 Å². The Labute approximate surface area is 109 Å². The summed E-state index contributed by atoms with van der Waals surface area (Å²) < 4.78 is 0. The van der Waals surface area contributed by atoms with Gasteiger partial charge in [-0.05, 0) is 38.5 Å². The lowest BCUT2D eigenvalue weighted by molar-refractivity contribution is -0.128. The minimum Gasteiger partial charge on any atom is -0.388 e. The highest BCUT2D eigenvalue weighted by Gasteiger charge is 2.44. The topological polar surface area (TPSA) is 75.4 Å². The van der Waals surface area contributed by atoms with Crippen LogP contribution in [0.2, 0.25) is 0 Å². The van der Waals surface area contributed by atoms with E-state index in [0.29, 0.717) is 12.5 Å². The number of hydrogen-bond acceptors (Lipinski definition) is 3. The molecule has 0 heterocycles. The van der Waals surface area contributed by atoms with E-state index in [9.17, 15) is 9.90 Å². The molecular formula is C14H26N2O2. The second-order valence-electron chi connectivity index (χ2n) is 6.38. The summed E-state index contributed by atoms with van der Waals surface area (Å²) >= 11 is 0. The Balaban J connectivity index is 1.84. The van der Waals surface area contributed by atoms with Crippen LogP contribution in [0.5, 0.6) is 0 Å². The van der Waals surface area contributed by atoms with Gasteiger partial charge in [-0.25, -0.2) is 0 Å². The van der Waals surface area contributed by atoms with Crippen molar-refractivity contribution >= 4 is 5.91 Å². The number of carbonyl (C=O) groups is 1. The van der Waals surface area contributed by atoms with Crippen LogP contribution in [-0.4, -0.2) is 28.7 Å². The summed E-state index contributed by atoms with van der Waals surface area (Å²) in [6, 6.07) is 0. The van der Waals surface area contributed by atoms with Crippen molar-refractivity contribution in [2.75, 3.05) is 6.54 Å². The first-order valence-corrected chi connectivity index (χ1v) is 7.24. The van der Waals surface area contributed by atoms with E-state index in [-0.39, 0.29) is 5.91 Å². The SMILES string of the molecule is CC(N)(C(=O)NCC1(O)CCCCCC1)C1CC1. The molecule has 0 aliphatic heterocycles. The van der Waals surface area contributed by atoms with Gasteiger partial charge < -0.3 is 16.2 Å². The maximum atomic E-state index is 12.1. The Morgan fingerprint density at radius 1 is 1.33 bits per heavy atom. The van der Waals surface area contributed by atoms with E-state index in [1.54, 1.807) is 6.92 Å². The normalized spacial score (nSPS) is 27.1. The van der Waals surface area contributed by atoms with Crippen LogP contribution >= 0.6 is 0 Å². The molecule has 2 aliphatic carbocycles. The van der Waals surface area contributed by atoms with E-state index in [1.807, 2.05) is 0 Å². The molecule has 0 bridgehead atoms. The first kappa shape index (κ1) is 13.8. The second kappa shape index (κ2) is 5.17. The van der Waals surface area contributed by atoms with Gasteiger partial charge in [-0.15, -0.1) is 0 Å². The standard InChI is InChI=1S/C14H26N2O2/c1-13(15,11-6-7-11)12(17)16-10-14(18)8-4-2-3-5-9-14/h11,18H,2-10,15H2,1H3,(H,16,17). The molecule has 18 heavy (non-hydrogen) atoms. The summed E-state index contributed by atoms with van der Waals surface area (Å²) in [6.45, 7) is 2.16. The van der Waals surface area contributed by atoms with Crippen molar-refractivity contribution in [3.63, 3.8) is 0 Å². The summed E-state index contributed by atoms with van der Waals surface area (Å²) in [4.78, 5) is 12.1. The molecule has 0 spiro atoms. The van der Waals surface area contributed by atoms with Gasteiger partial charge in [0.25, 0.3) is 0 Å². The maximum Gasteiger partial charge on any atom is 0.240 e. The minimum atomic E-state index is -0.763. The lowest BCUT2D eigenvalue weighted by Gasteiger charge is -2.30. The zero-order valence-corrected chi connectivity index (χ0v) is 11.4. The molecule has 1 unspecified atom stereocenters. The van der Waals surface area contributed by atoms with Crippen LogP contribution < -0.4 is 11.1 Å². The maximum absolute atomic E-state index is 12.1. The molecule has 2 rings (SSSR count). The number of nitrogens with two attached hydrogens (primary N) is 1. The summed E-state index contributed by atoms with van der Waals surface area (Å²) in [7, 11) is 0. The molecule has 1 amide bonds. The zero-order chi connectivity index (χ0) is 13.2. The average molecular weight is 254 g/mol. The van der Waals surface area contributed by atoms with Crippen molar-refractivity contribution < 1.29 is 9.90 Å². The fourth-order valence-corrected chi connectivity index (χ4v) is 2.87. The van der Waals surface area contributed by atoms with Gasteiger partial charge in [0, 0.05) is 6.54 Å². The van der Waals surface area contributed by atoms with Crippen LogP contribution in [0.4, 0.5) is 0 Å². The molecule has 0 aromatic carbocycles. The number of carbonyl (C=O) groups excluding carboxylic acids is 1. The largest absolute Gasteiger partial charge is 0.388 e. The molecule has 0 radical (unpaired) electrons. The third kappa shape index (κ3) is 3.23. The van der Waals surface area contributed by atoms with Crippen molar-refractivity contribution in [2.45, 2.75) is 69.4 Å². The summed E-state index contributed by atoms with van der Waals surface area (Å²) in [5.74, 6) is 0.212. The van der Waals surface area contributed by atoms with Gasteiger partial charge in [-0.2, -0.15) is 0 Å². The lowest BCUT2D eigenvalue weighted by Crippen LogP contribution is -2.56. The summed E-state index contributed by atoms with van der Waals surface area (Å²) in [5, 5.41) is 13.3. The molecule has 104 valence electrons. The molecule has 0 aromatic rings. The quantitative estimate of drug-likeness (QED) is 0.662. The molecular weight excluding hydrogens is 228 g/mol. The fraction of sp³-hybridized carbons (Fsp3) is 0.929. The number of amides is 1. The lowest BCUT2D eigenvalue weighted by atomic mass is 9.92. The molecule has 4 N–H and O–H groups in total. The van der Waals surface area contributed by atoms with E-state index in [4.69, 9.17) is 5.73 Å². The van der Waals surface area contributed by atoms with Crippen molar-refractivity contribution in [1.29, 1.82) is 0 Å². The van der Waals surface area contributed by atoms with Crippen LogP contribution in [0.25, 0.3) is 0 Å². The molecule has 4 heteroatoms. The third-order valence-corrected chi connectivity index (χ3v) is 4.53. The van der Waals surface area contributed by atoms with E-state index in [1.165, 1.54) is 12.8 Å². The monoisotopic (exact) mass is 254 g/mol. The molecule has 4 nitrogen and oxygen atoms in total. The van der Waals surface area contributed by atoms with Gasteiger partial charge in [0.15, 0.2) is 0 Å². The smallest absolute Gasteiger partial charge is 0.240 e. The van der Waals surface area contributed by atoms with E-state index in [0.717, 1.165) is 38.5 Å². The van der Waals surface area contributed by atoms with Gasteiger partial charge in [0.2, 0.25) is 5.91 Å². The first-order chi connectivity index (χ1) is 8.44. The molecule has 2 aliphatic rings. The molecule has 2 saturated carbocycles. The third-order valence-electron chi connectivity index (χ3n) is 4.53. The van der Waals surface area contributed by atoms with Crippen LogP contribution in [0, 0.1) is 5.92 Å². The van der Waals surface area contributed by atoms with Crippen LogP contribution in [-0.2, 0) is 4.79 Å². The predicted molar refractivity (Wildman–Crippen MR) is 71.0 cm³/mol. The van der Waals surface area contributed by atoms with Crippen molar-refractivity contribution in [3.8, 4) is 0 Å². The Kier molecular flexibility index (Phi) is 3.97. The van der Waals surface area contributed by atoms with Crippen LogP contribution in [0.15, 0.2) is 0 Å². The predicted octanol–water partition coefficient (Wildman–Crippen LogP) is 1.32. The van der Waals surface area contributed by atoms with Crippen LogP contribution in [0.1, 0.15) is 58.3 Å². The van der Waals surface area contributed by atoms with Crippen molar-refractivity contribution in [2.24, 2.45) is 11.7 Å². The summed E-state index contributed by atoms with van der Waals surface area (Å²) in [5.41, 5.74) is 4.58. The zero-order valence-electron chi connectivity index (χ0n) is 11.4. The number of nitrogens with one attached hydrogen (secondary N) is 1. The fourth-order valence-electron chi connectivity index (χ4n) is 2.87. The van der Waals surface area contributed by atoms with E-state index >= 15 is 0 Å². The highest BCUT2D eigenvalue weighted by atomic mass is 16.3. The summed E-state index contributed by atoms with van der Waals surface area (Å²) in [6.07, 6.45) is 8.15. The Hall–Kier alpha value is -0.610. The highest BCUT2D eigenvalue weighted by Crippen LogP contribution is 2.38. The average Bonchev–Trinajstić information content (AvgIpc) is 3.13. The number of rotatable bonds is 4. The molecule has 0 saturated heterocycles. The minimum absolute atomic E-state index is 0.109. The van der Waals surface area contributed by atoms with Crippen molar-refractivity contribution in [1.82, 2.24) is 5.32 Å². The van der Waals surface area contributed by atoms with Gasteiger partial charge >= 0.3 is 0 Å². The molecule has 2 fully saturated rings. The highest BCUT2D eigenvalue weighted by molar-refractivity contribution is 5.86. The Morgan fingerprint density at radius 3 is 2.39 bits per heavy atom. The Morgan fingerprint density at radius 2 is 1.89 bits per heavy atom. The number of aliphatic hydroxyl groups is 1. The Bertz CT molecular complexity index is 303. The van der Waals surface area contributed by atoms with Gasteiger partial charge in [-0.1, -0.05) is 25.7 Å². The van der Waals surface area contributed by atoms with Gasteiger partial charge in [-0.3, -0.25) is 4.79 Å².